The molecule has 3 N–H and O–H groups in total. The van der Waals surface area contributed by atoms with E-state index in [2.05, 4.69) is 5.32 Å². The third-order valence-corrected chi connectivity index (χ3v) is 6.11. The number of benzene rings is 2. The maximum Gasteiger partial charge on any atom is 0.412 e. The lowest BCUT2D eigenvalue weighted by molar-refractivity contribution is -0.103. The molecule has 0 saturated heterocycles. The number of halogens is 2. The highest BCUT2D eigenvalue weighted by molar-refractivity contribution is 6.34. The second-order valence-corrected chi connectivity index (χ2v) is 8.23. The average Bonchev–Trinajstić information content (AvgIpc) is 2.76. The summed E-state index contributed by atoms with van der Waals surface area (Å²) in [6, 6.07) is 9.55. The summed E-state index contributed by atoms with van der Waals surface area (Å²) in [6.07, 6.45) is 3.88. The van der Waals surface area contributed by atoms with Gasteiger partial charge in [0.25, 0.3) is 0 Å². The number of carbonyl (C=O) groups excluding carboxylic acids is 2. The number of allylic oxidation sites excluding steroid dienone is 1. The van der Waals surface area contributed by atoms with Crippen LogP contribution in [0.4, 0.5) is 9.18 Å². The van der Waals surface area contributed by atoms with E-state index in [1.54, 1.807) is 18.2 Å². The summed E-state index contributed by atoms with van der Waals surface area (Å²) >= 11 is 6.54. The van der Waals surface area contributed by atoms with Crippen molar-refractivity contribution in [1.29, 1.82) is 0 Å². The standard InChI is InChI=1S/C24H26ClFN2O3/c1-15-18(16-6-8-17(26)9-7-16)10-11-20(25)21(15)19(14-29)22(31-23(30)28-2)24(27)12-4-3-5-13-24/h6-11,14H,3-5,12-13,27H2,1-2H3,(H,28,30)/b22-19-. The fourth-order valence-corrected chi connectivity index (χ4v) is 4.46. The summed E-state index contributed by atoms with van der Waals surface area (Å²) in [6.45, 7) is 1.82. The Morgan fingerprint density at radius 3 is 2.39 bits per heavy atom. The molecule has 5 nitrogen and oxygen atoms in total. The highest BCUT2D eigenvalue weighted by Crippen LogP contribution is 2.40. The van der Waals surface area contributed by atoms with Gasteiger partial charge in [0.1, 0.15) is 11.6 Å². The Labute approximate surface area is 186 Å². The fourth-order valence-electron chi connectivity index (χ4n) is 4.16. The second-order valence-electron chi connectivity index (χ2n) is 7.82. The molecule has 1 amide bonds. The van der Waals surface area contributed by atoms with Crippen LogP contribution < -0.4 is 11.1 Å². The van der Waals surface area contributed by atoms with Crippen LogP contribution in [0.5, 0.6) is 0 Å². The summed E-state index contributed by atoms with van der Waals surface area (Å²) in [5.41, 5.74) is 8.59. The molecule has 7 heteroatoms. The van der Waals surface area contributed by atoms with Crippen LogP contribution in [-0.4, -0.2) is 25.0 Å². The van der Waals surface area contributed by atoms with E-state index in [0.29, 0.717) is 35.3 Å². The first-order valence-electron chi connectivity index (χ1n) is 10.2. The lowest BCUT2D eigenvalue weighted by atomic mass is 9.78. The number of alkyl carbamates (subject to hydrolysis) is 1. The van der Waals surface area contributed by atoms with Crippen LogP contribution in [0.15, 0.2) is 42.2 Å². The lowest BCUT2D eigenvalue weighted by Crippen LogP contribution is -2.46. The van der Waals surface area contributed by atoms with Gasteiger partial charge in [-0.25, -0.2) is 9.18 Å². The minimum Gasteiger partial charge on any atom is -0.412 e. The molecule has 0 unspecified atom stereocenters. The number of ether oxygens (including phenoxy) is 1. The van der Waals surface area contributed by atoms with Gasteiger partial charge in [0.05, 0.1) is 11.1 Å². The van der Waals surface area contributed by atoms with Crippen molar-refractivity contribution >= 4 is 29.6 Å². The summed E-state index contributed by atoms with van der Waals surface area (Å²) in [7, 11) is 1.44. The van der Waals surface area contributed by atoms with Gasteiger partial charge in [0, 0.05) is 17.6 Å². The van der Waals surface area contributed by atoms with Gasteiger partial charge in [-0.05, 0) is 54.7 Å². The summed E-state index contributed by atoms with van der Waals surface area (Å²) in [5, 5.41) is 2.75. The van der Waals surface area contributed by atoms with E-state index in [9.17, 15) is 14.0 Å². The number of aldehydes is 1. The van der Waals surface area contributed by atoms with Crippen LogP contribution in [0.1, 0.15) is 43.2 Å². The van der Waals surface area contributed by atoms with Crippen LogP contribution in [-0.2, 0) is 9.53 Å². The van der Waals surface area contributed by atoms with Gasteiger partial charge in [-0.3, -0.25) is 4.79 Å². The molecule has 1 aliphatic carbocycles. The minimum absolute atomic E-state index is 0.128. The Bertz CT molecular complexity index is 1010. The Morgan fingerprint density at radius 1 is 1.16 bits per heavy atom. The van der Waals surface area contributed by atoms with E-state index in [0.717, 1.165) is 30.4 Å². The molecule has 3 rings (SSSR count). The van der Waals surface area contributed by atoms with Crippen LogP contribution in [0.2, 0.25) is 5.02 Å². The number of amides is 1. The van der Waals surface area contributed by atoms with E-state index < -0.39 is 11.6 Å². The highest BCUT2D eigenvalue weighted by Gasteiger charge is 2.38. The van der Waals surface area contributed by atoms with Crippen LogP contribution in [0.3, 0.4) is 0 Å². The zero-order valence-corrected chi connectivity index (χ0v) is 18.4. The Hall–Kier alpha value is -2.70. The first-order chi connectivity index (χ1) is 14.8. The third kappa shape index (κ3) is 4.81. The fraction of sp³-hybridized carbons (Fsp3) is 0.333. The third-order valence-electron chi connectivity index (χ3n) is 5.80. The van der Waals surface area contributed by atoms with E-state index in [4.69, 9.17) is 22.1 Å². The van der Waals surface area contributed by atoms with E-state index in [-0.39, 0.29) is 17.1 Å². The summed E-state index contributed by atoms with van der Waals surface area (Å²) in [4.78, 5) is 24.5. The molecule has 2 aromatic carbocycles. The van der Waals surface area contributed by atoms with Crippen LogP contribution >= 0.6 is 11.6 Å². The molecule has 164 valence electrons. The zero-order chi connectivity index (χ0) is 22.6. The van der Waals surface area contributed by atoms with Crippen molar-refractivity contribution in [2.75, 3.05) is 7.05 Å². The predicted molar refractivity (Wildman–Crippen MR) is 120 cm³/mol. The van der Waals surface area contributed by atoms with Crippen LogP contribution in [0.25, 0.3) is 16.7 Å². The van der Waals surface area contributed by atoms with Gasteiger partial charge in [-0.15, -0.1) is 0 Å². The molecular weight excluding hydrogens is 419 g/mol. The number of rotatable bonds is 5. The first-order valence-corrected chi connectivity index (χ1v) is 10.6. The molecule has 1 saturated carbocycles. The van der Waals surface area contributed by atoms with Crippen molar-refractivity contribution in [2.24, 2.45) is 5.73 Å². The van der Waals surface area contributed by atoms with Crippen molar-refractivity contribution < 1.29 is 18.7 Å². The number of hydrogen-bond donors (Lipinski definition) is 2. The molecule has 0 aliphatic heterocycles. The molecule has 1 aliphatic rings. The van der Waals surface area contributed by atoms with Crippen molar-refractivity contribution in [2.45, 2.75) is 44.6 Å². The maximum atomic E-state index is 13.4. The van der Waals surface area contributed by atoms with Gasteiger partial charge in [0.2, 0.25) is 0 Å². The van der Waals surface area contributed by atoms with E-state index >= 15 is 0 Å². The molecule has 31 heavy (non-hydrogen) atoms. The molecule has 0 aromatic heterocycles. The largest absolute Gasteiger partial charge is 0.412 e. The molecule has 0 bridgehead atoms. The molecule has 2 aromatic rings. The number of hydrogen-bond acceptors (Lipinski definition) is 4. The molecule has 1 fully saturated rings. The van der Waals surface area contributed by atoms with Gasteiger partial charge >= 0.3 is 6.09 Å². The molecular formula is C24H26ClFN2O3. The van der Waals surface area contributed by atoms with E-state index in [1.165, 1.54) is 19.2 Å². The quantitative estimate of drug-likeness (QED) is 0.368. The molecule has 0 heterocycles. The summed E-state index contributed by atoms with van der Waals surface area (Å²) in [5.74, 6) is -0.212. The average molecular weight is 445 g/mol. The SMILES string of the molecule is CNC(=O)O/C(=C(/C=O)c1c(Cl)ccc(-c2ccc(F)cc2)c1C)C1(N)CCCCC1. The van der Waals surface area contributed by atoms with Crippen molar-refractivity contribution in [3.63, 3.8) is 0 Å². The minimum atomic E-state index is -0.956. The van der Waals surface area contributed by atoms with Gasteiger partial charge < -0.3 is 15.8 Å². The Morgan fingerprint density at radius 2 is 1.81 bits per heavy atom. The number of nitrogens with one attached hydrogen (secondary N) is 1. The lowest BCUT2D eigenvalue weighted by Gasteiger charge is -2.35. The van der Waals surface area contributed by atoms with Gasteiger partial charge in [0.15, 0.2) is 6.29 Å². The number of carbonyl (C=O) groups is 2. The van der Waals surface area contributed by atoms with Crippen LogP contribution in [0, 0.1) is 12.7 Å². The van der Waals surface area contributed by atoms with Gasteiger partial charge in [-0.2, -0.15) is 0 Å². The molecule has 0 atom stereocenters. The topological polar surface area (TPSA) is 81.4 Å². The van der Waals surface area contributed by atoms with Gasteiger partial charge in [-0.1, -0.05) is 49.1 Å². The van der Waals surface area contributed by atoms with E-state index in [1.807, 2.05) is 13.0 Å². The highest BCUT2D eigenvalue weighted by atomic mass is 35.5. The molecule has 0 radical (unpaired) electrons. The Kier molecular flexibility index (Phi) is 7.13. The second kappa shape index (κ2) is 9.62. The summed E-state index contributed by atoms with van der Waals surface area (Å²) < 4.78 is 19.0. The van der Waals surface area contributed by atoms with Crippen molar-refractivity contribution in [3.8, 4) is 11.1 Å². The maximum absolute atomic E-state index is 13.4. The first kappa shape index (κ1) is 23.0. The monoisotopic (exact) mass is 444 g/mol. The van der Waals surface area contributed by atoms with Crippen molar-refractivity contribution in [1.82, 2.24) is 5.32 Å². The number of nitrogens with two attached hydrogens (primary N) is 1. The molecule has 0 spiro atoms. The van der Waals surface area contributed by atoms with Crippen molar-refractivity contribution in [3.05, 3.63) is 64.1 Å². The normalized spacial score (nSPS) is 16.3. The zero-order valence-electron chi connectivity index (χ0n) is 17.6. The smallest absolute Gasteiger partial charge is 0.412 e. The predicted octanol–water partition coefficient (Wildman–Crippen LogP) is 5.38. The Balaban J connectivity index is 2.24.